The van der Waals surface area contributed by atoms with E-state index < -0.39 is 12.0 Å². The lowest BCUT2D eigenvalue weighted by atomic mass is 10.0. The second kappa shape index (κ2) is 6.36. The monoisotopic (exact) mass is 325 g/mol. The third kappa shape index (κ3) is 3.33. The Morgan fingerprint density at radius 3 is 2.50 bits per heavy atom. The maximum atomic E-state index is 10.5. The van der Waals surface area contributed by atoms with Crippen LogP contribution in [0.2, 0.25) is 0 Å². The van der Waals surface area contributed by atoms with Crippen LogP contribution in [-0.2, 0) is 11.3 Å². The first-order valence-electron chi connectivity index (χ1n) is 7.99. The quantitative estimate of drug-likeness (QED) is 0.721. The van der Waals surface area contributed by atoms with Crippen molar-refractivity contribution < 1.29 is 9.84 Å². The van der Waals surface area contributed by atoms with Gasteiger partial charge >= 0.3 is 0 Å². The van der Waals surface area contributed by atoms with Crippen molar-refractivity contribution in [1.82, 2.24) is 9.55 Å². The van der Waals surface area contributed by atoms with E-state index in [4.69, 9.17) is 10.5 Å². The number of pyridine rings is 1. The molecule has 0 saturated heterocycles. The molecule has 0 spiro atoms. The largest absolute Gasteiger partial charge is 0.351 e. The van der Waals surface area contributed by atoms with Crippen LogP contribution in [0.15, 0.2) is 48.9 Å². The average molecular weight is 325 g/mol. The van der Waals surface area contributed by atoms with Crippen LogP contribution in [0.25, 0.3) is 22.0 Å². The molecule has 0 amide bonds. The predicted molar refractivity (Wildman–Crippen MR) is 95.2 cm³/mol. The van der Waals surface area contributed by atoms with E-state index in [1.54, 1.807) is 17.0 Å². The number of rotatable bonds is 4. The smallest absolute Gasteiger partial charge is 0.242 e. The standard InChI is InChI=1S/C19H23N3O2/c1-19(2,3)24-18(23)22-12-15(11-20)16-5-4-14(10-17(16)22)13-6-8-21-9-7-13/h4-10,12,18,23H,11,20H2,1-3H3. The van der Waals surface area contributed by atoms with Crippen LogP contribution in [0.3, 0.4) is 0 Å². The van der Waals surface area contributed by atoms with Crippen LogP contribution in [-0.4, -0.2) is 20.3 Å². The van der Waals surface area contributed by atoms with Crippen molar-refractivity contribution in [3.05, 3.63) is 54.5 Å². The van der Waals surface area contributed by atoms with Crippen molar-refractivity contribution in [2.45, 2.75) is 39.3 Å². The molecular formula is C19H23N3O2. The van der Waals surface area contributed by atoms with Gasteiger partial charge in [0.2, 0.25) is 6.41 Å². The summed E-state index contributed by atoms with van der Waals surface area (Å²) in [6.45, 7) is 6.14. The third-order valence-corrected chi connectivity index (χ3v) is 3.85. The Bertz CT molecular complexity index is 835. The summed E-state index contributed by atoms with van der Waals surface area (Å²) < 4.78 is 7.43. The Labute approximate surface area is 141 Å². The second-order valence-electron chi connectivity index (χ2n) is 6.79. The van der Waals surface area contributed by atoms with E-state index in [1.165, 1.54) is 0 Å². The minimum atomic E-state index is -1.07. The first kappa shape index (κ1) is 16.6. The molecule has 1 aromatic carbocycles. The molecule has 3 rings (SSSR count). The number of aliphatic hydroxyl groups excluding tert-OH is 1. The fourth-order valence-corrected chi connectivity index (χ4v) is 2.77. The van der Waals surface area contributed by atoms with E-state index in [0.29, 0.717) is 6.54 Å². The third-order valence-electron chi connectivity index (χ3n) is 3.85. The molecule has 0 bridgehead atoms. The van der Waals surface area contributed by atoms with Gasteiger partial charge in [-0.3, -0.25) is 9.55 Å². The van der Waals surface area contributed by atoms with Crippen LogP contribution in [0.5, 0.6) is 0 Å². The SMILES string of the molecule is CC(C)(C)OC(O)n1cc(CN)c2ccc(-c3ccncc3)cc21. The maximum Gasteiger partial charge on any atom is 0.242 e. The average Bonchev–Trinajstić information content (AvgIpc) is 2.92. The van der Waals surface area contributed by atoms with Crippen molar-refractivity contribution in [2.24, 2.45) is 5.73 Å². The molecule has 24 heavy (non-hydrogen) atoms. The summed E-state index contributed by atoms with van der Waals surface area (Å²) >= 11 is 0. The van der Waals surface area contributed by atoms with Gasteiger partial charge in [0.25, 0.3) is 0 Å². The van der Waals surface area contributed by atoms with Crippen molar-refractivity contribution in [2.75, 3.05) is 0 Å². The van der Waals surface area contributed by atoms with E-state index in [0.717, 1.165) is 27.6 Å². The zero-order valence-electron chi connectivity index (χ0n) is 14.2. The molecule has 0 aliphatic carbocycles. The Hall–Kier alpha value is -2.21. The van der Waals surface area contributed by atoms with Crippen LogP contribution < -0.4 is 5.73 Å². The summed E-state index contributed by atoms with van der Waals surface area (Å²) in [7, 11) is 0. The van der Waals surface area contributed by atoms with Crippen LogP contribution >= 0.6 is 0 Å². The van der Waals surface area contributed by atoms with Gasteiger partial charge in [0.1, 0.15) is 0 Å². The molecule has 1 atom stereocenters. The van der Waals surface area contributed by atoms with Gasteiger partial charge in [0.15, 0.2) is 0 Å². The summed E-state index contributed by atoms with van der Waals surface area (Å²) in [4.78, 5) is 4.05. The lowest BCUT2D eigenvalue weighted by molar-refractivity contribution is -0.207. The fourth-order valence-electron chi connectivity index (χ4n) is 2.77. The van der Waals surface area contributed by atoms with Crippen molar-refractivity contribution >= 4 is 10.9 Å². The van der Waals surface area contributed by atoms with Crippen molar-refractivity contribution in [3.8, 4) is 11.1 Å². The predicted octanol–water partition coefficient (Wildman–Crippen LogP) is 3.43. The first-order valence-corrected chi connectivity index (χ1v) is 7.99. The van der Waals surface area contributed by atoms with Crippen LogP contribution in [0.4, 0.5) is 0 Å². The molecule has 5 heteroatoms. The molecule has 0 radical (unpaired) electrons. The summed E-state index contributed by atoms with van der Waals surface area (Å²) in [5.41, 5.74) is 9.39. The molecule has 0 saturated carbocycles. The highest BCUT2D eigenvalue weighted by Gasteiger charge is 2.20. The molecule has 2 heterocycles. The van der Waals surface area contributed by atoms with E-state index in [-0.39, 0.29) is 0 Å². The summed E-state index contributed by atoms with van der Waals surface area (Å²) in [6.07, 6.45) is 4.32. The number of ether oxygens (including phenoxy) is 1. The molecule has 5 nitrogen and oxygen atoms in total. The fraction of sp³-hybridized carbons (Fsp3) is 0.316. The maximum absolute atomic E-state index is 10.5. The van der Waals surface area contributed by atoms with Gasteiger partial charge in [-0.1, -0.05) is 12.1 Å². The number of nitrogens with two attached hydrogens (primary N) is 1. The topological polar surface area (TPSA) is 73.3 Å². The van der Waals surface area contributed by atoms with Gasteiger partial charge in [0, 0.05) is 30.5 Å². The summed E-state index contributed by atoms with van der Waals surface area (Å²) in [5, 5.41) is 11.5. The van der Waals surface area contributed by atoms with Gasteiger partial charge in [-0.15, -0.1) is 0 Å². The molecule has 0 fully saturated rings. The summed E-state index contributed by atoms with van der Waals surface area (Å²) in [6, 6.07) is 10.0. The molecule has 3 N–H and O–H groups in total. The second-order valence-corrected chi connectivity index (χ2v) is 6.79. The minimum absolute atomic E-state index is 0.403. The molecular weight excluding hydrogens is 302 g/mol. The lowest BCUT2D eigenvalue weighted by Gasteiger charge is -2.25. The van der Waals surface area contributed by atoms with E-state index >= 15 is 0 Å². The van der Waals surface area contributed by atoms with E-state index in [9.17, 15) is 5.11 Å². The number of benzene rings is 1. The molecule has 1 unspecified atom stereocenters. The molecule has 0 aliphatic rings. The number of nitrogens with zero attached hydrogens (tertiary/aromatic N) is 2. The first-order chi connectivity index (χ1) is 11.4. The molecule has 3 aromatic rings. The van der Waals surface area contributed by atoms with Gasteiger partial charge in [0.05, 0.1) is 11.1 Å². The van der Waals surface area contributed by atoms with E-state index in [1.807, 2.05) is 51.2 Å². The number of hydrogen-bond acceptors (Lipinski definition) is 4. The lowest BCUT2D eigenvalue weighted by Crippen LogP contribution is -2.25. The van der Waals surface area contributed by atoms with Gasteiger partial charge < -0.3 is 15.6 Å². The van der Waals surface area contributed by atoms with Gasteiger partial charge in [-0.05, 0) is 55.7 Å². The highest BCUT2D eigenvalue weighted by Crippen LogP contribution is 2.30. The van der Waals surface area contributed by atoms with Crippen LogP contribution in [0.1, 0.15) is 32.7 Å². The highest BCUT2D eigenvalue weighted by molar-refractivity contribution is 5.88. The Morgan fingerprint density at radius 2 is 1.88 bits per heavy atom. The number of aromatic nitrogens is 2. The number of fused-ring (bicyclic) bond motifs is 1. The normalized spacial score (nSPS) is 13.4. The summed E-state index contributed by atoms with van der Waals surface area (Å²) in [5.74, 6) is 0. The number of hydrogen-bond donors (Lipinski definition) is 2. The Balaban J connectivity index is 2.11. The molecule has 2 aromatic heterocycles. The van der Waals surface area contributed by atoms with Crippen LogP contribution in [0, 0.1) is 0 Å². The zero-order chi connectivity index (χ0) is 17.3. The number of aliphatic hydroxyl groups is 1. The molecule has 126 valence electrons. The highest BCUT2D eigenvalue weighted by atomic mass is 16.6. The molecule has 0 aliphatic heterocycles. The Morgan fingerprint density at radius 1 is 1.17 bits per heavy atom. The van der Waals surface area contributed by atoms with Gasteiger partial charge in [-0.25, -0.2) is 0 Å². The van der Waals surface area contributed by atoms with Gasteiger partial charge in [-0.2, -0.15) is 0 Å². The Kier molecular flexibility index (Phi) is 4.41. The van der Waals surface area contributed by atoms with E-state index in [2.05, 4.69) is 11.1 Å². The minimum Gasteiger partial charge on any atom is -0.351 e. The van der Waals surface area contributed by atoms with Crippen molar-refractivity contribution in [1.29, 1.82) is 0 Å². The zero-order valence-corrected chi connectivity index (χ0v) is 14.2. The van der Waals surface area contributed by atoms with Crippen molar-refractivity contribution in [3.63, 3.8) is 0 Å².